The van der Waals surface area contributed by atoms with Gasteiger partial charge in [-0.2, -0.15) is 4.57 Å². The van der Waals surface area contributed by atoms with E-state index in [1.54, 1.807) is 0 Å². The van der Waals surface area contributed by atoms with E-state index >= 15 is 0 Å². The van der Waals surface area contributed by atoms with Crippen molar-refractivity contribution in [1.29, 1.82) is 0 Å². The zero-order valence-electron chi connectivity index (χ0n) is 25.0. The Morgan fingerprint density at radius 1 is 0.878 bits per heavy atom. The molecular weight excluding hydrogens is 526 g/mol. The van der Waals surface area contributed by atoms with Crippen LogP contribution < -0.4 is 14.4 Å². The third-order valence-corrected chi connectivity index (χ3v) is 8.70. The molecule has 0 spiro atoms. The zero-order chi connectivity index (χ0) is 29.7. The van der Waals surface area contributed by atoms with Crippen LogP contribution in [0.4, 0.5) is 15.8 Å². The Balaban J connectivity index is 0.000000189. The van der Waals surface area contributed by atoms with Crippen LogP contribution in [0, 0.1) is 13.5 Å². The molecule has 41 heavy (non-hydrogen) atoms. The van der Waals surface area contributed by atoms with Crippen molar-refractivity contribution in [2.24, 2.45) is 7.05 Å². The monoisotopic (exact) mass is 564 g/mol. The second kappa shape index (κ2) is 13.0. The van der Waals surface area contributed by atoms with E-state index in [1.807, 2.05) is 55.3 Å². The molecule has 0 aliphatic carbocycles. The minimum atomic E-state index is -0.354. The highest BCUT2D eigenvalue weighted by Gasteiger charge is 2.18. The molecule has 0 fully saturated rings. The van der Waals surface area contributed by atoms with E-state index in [2.05, 4.69) is 103 Å². The Bertz CT molecular complexity index is 1740. The largest absolute Gasteiger partial charge is 0.378 e. The van der Waals surface area contributed by atoms with Gasteiger partial charge in [-0.15, -0.1) is 0 Å². The van der Waals surface area contributed by atoms with Gasteiger partial charge in [0, 0.05) is 45.1 Å². The first-order valence-electron chi connectivity index (χ1n) is 13.7. The number of hydrogen-bond donors (Lipinski definition) is 0. The minimum Gasteiger partial charge on any atom is -0.378 e. The second-order valence-corrected chi connectivity index (χ2v) is 11.6. The molecule has 0 radical (unpaired) electrons. The average molecular weight is 565 g/mol. The van der Waals surface area contributed by atoms with Gasteiger partial charge in [-0.25, -0.2) is 9.24 Å². The van der Waals surface area contributed by atoms with Crippen LogP contribution in [0.25, 0.3) is 42.0 Å². The van der Waals surface area contributed by atoms with Crippen molar-refractivity contribution in [3.8, 4) is 10.6 Å². The van der Waals surface area contributed by atoms with Crippen LogP contribution in [0.5, 0.6) is 0 Å². The van der Waals surface area contributed by atoms with Gasteiger partial charge < -0.3 is 9.80 Å². The summed E-state index contributed by atoms with van der Waals surface area (Å²) in [6.07, 6.45) is 0. The van der Waals surface area contributed by atoms with E-state index in [-0.39, 0.29) is 6.67 Å². The standard InChI is InChI=1S/C18H19FN2.C17H19N2S/c1-13(14(2)20-3)15-5-6-17-12-18(21(4)10-9-19)8-7-16(17)11-15;1-12-5-10-15-16(11-12)20-17(19(15)4)13-6-8-14(9-7-13)18(2)3/h5-8,11-12H,9-10H2,1-2,4H3;5-11H,1-4H3/q;+1/b14-13-;/i19-1;. The van der Waals surface area contributed by atoms with Crippen LogP contribution in [-0.2, 0) is 7.05 Å². The summed E-state index contributed by atoms with van der Waals surface area (Å²) in [7, 11) is 8.17. The quantitative estimate of drug-likeness (QED) is 0.151. The fourth-order valence-corrected chi connectivity index (χ4v) is 5.92. The highest BCUT2D eigenvalue weighted by molar-refractivity contribution is 7.21. The van der Waals surface area contributed by atoms with Crippen LogP contribution in [0.15, 0.2) is 84.6 Å². The third-order valence-electron chi connectivity index (χ3n) is 7.45. The molecule has 5 aromatic rings. The normalized spacial score (nSPS) is 11.5. The predicted octanol–water partition coefficient (Wildman–Crippen LogP) is 8.68. The van der Waals surface area contributed by atoms with Crippen molar-refractivity contribution < 1.29 is 8.96 Å². The van der Waals surface area contributed by atoms with Crippen molar-refractivity contribution in [2.75, 3.05) is 44.2 Å². The number of hydrogen-bond acceptors (Lipinski definition) is 3. The van der Waals surface area contributed by atoms with Crippen molar-refractivity contribution in [3.05, 3.63) is 107 Å². The number of allylic oxidation sites excluding steroid dienone is 2. The minimum absolute atomic E-state index is 0.354. The lowest BCUT2D eigenvalue weighted by Crippen LogP contribution is -2.28. The molecule has 0 atom stereocenters. The molecule has 0 amide bonds. The Kier molecular flexibility index (Phi) is 9.42. The summed E-state index contributed by atoms with van der Waals surface area (Å²) in [5, 5.41) is 3.55. The van der Waals surface area contributed by atoms with Gasteiger partial charge in [0.25, 0.3) is 5.01 Å². The van der Waals surface area contributed by atoms with Crippen LogP contribution in [0.2, 0.25) is 0 Å². The highest BCUT2D eigenvalue weighted by atomic mass is 32.1. The molecule has 4 nitrogen and oxygen atoms in total. The van der Waals surface area contributed by atoms with E-state index in [0.29, 0.717) is 12.2 Å². The van der Waals surface area contributed by atoms with Gasteiger partial charge in [0.15, 0.2) is 5.70 Å². The fourth-order valence-electron chi connectivity index (χ4n) is 4.67. The molecule has 0 saturated heterocycles. The van der Waals surface area contributed by atoms with Crippen LogP contribution >= 0.6 is 11.3 Å². The summed E-state index contributed by atoms with van der Waals surface area (Å²) < 4.78 is 16.1. The Labute approximate surface area is 247 Å². The Hall–Kier alpha value is -4.21. The van der Waals surface area contributed by atoms with E-state index in [0.717, 1.165) is 27.6 Å². The summed E-state index contributed by atoms with van der Waals surface area (Å²) in [6.45, 7) is 13.1. The highest BCUT2D eigenvalue weighted by Crippen LogP contribution is 2.30. The van der Waals surface area contributed by atoms with E-state index < -0.39 is 0 Å². The van der Waals surface area contributed by atoms with Crippen molar-refractivity contribution in [2.45, 2.75) is 20.8 Å². The predicted molar refractivity (Wildman–Crippen MR) is 176 cm³/mol. The van der Waals surface area contributed by atoms with E-state index in [9.17, 15) is 4.39 Å². The fraction of sp³-hybridized carbons (Fsp3) is 0.257. The maximum absolute atomic E-state index is 12.4. The molecule has 0 aliphatic rings. The molecular formula is C35H38FN4S+. The maximum atomic E-state index is 12.4. The molecule has 4 aromatic carbocycles. The average Bonchev–Trinajstić information content (AvgIpc) is 3.31. The van der Waals surface area contributed by atoms with E-state index in [4.69, 9.17) is 6.57 Å². The summed E-state index contributed by atoms with van der Waals surface area (Å²) in [6, 6.07) is 27.7. The molecule has 0 N–H and O–H groups in total. The van der Waals surface area contributed by atoms with E-state index in [1.165, 1.54) is 32.0 Å². The SMILES string of the molecule is Cc1ccc2c(c1)sc(-c1ccc(N(C)C)cc1)[n+]2C.[C-]#[N+]/C(C)=C(/C)c1ccc2cc(N(C)CC[18F])ccc2c1. The van der Waals surface area contributed by atoms with Crippen molar-refractivity contribution in [3.63, 3.8) is 0 Å². The number of alkyl halides is 1. The lowest BCUT2D eigenvalue weighted by Gasteiger charge is -2.18. The Morgan fingerprint density at radius 3 is 2.20 bits per heavy atom. The number of fused-ring (bicyclic) bond motifs is 2. The lowest BCUT2D eigenvalue weighted by atomic mass is 10.0. The first kappa shape index (κ1) is 29.8. The van der Waals surface area contributed by atoms with Gasteiger partial charge >= 0.3 is 0 Å². The number of aromatic nitrogens is 1. The number of nitrogens with zero attached hydrogens (tertiary/aromatic N) is 4. The lowest BCUT2D eigenvalue weighted by molar-refractivity contribution is -0.629. The summed E-state index contributed by atoms with van der Waals surface area (Å²) in [5.74, 6) is 0. The Morgan fingerprint density at radius 2 is 1.54 bits per heavy atom. The number of rotatable bonds is 6. The molecule has 0 saturated carbocycles. The smallest absolute Gasteiger partial charge is 0.269 e. The zero-order valence-corrected chi connectivity index (χ0v) is 25.8. The van der Waals surface area contributed by atoms with Gasteiger partial charge in [0.05, 0.1) is 12.1 Å². The molecule has 0 unspecified atom stereocenters. The molecule has 1 aromatic heterocycles. The van der Waals surface area contributed by atoms with Gasteiger partial charge in [-0.05, 0) is 96.8 Å². The number of anilines is 2. The van der Waals surface area contributed by atoms with Crippen molar-refractivity contribution >= 4 is 49.3 Å². The molecule has 210 valence electrons. The van der Waals surface area contributed by atoms with Crippen LogP contribution in [0.3, 0.4) is 0 Å². The number of aryl methyl sites for hydroxylation is 2. The first-order chi connectivity index (χ1) is 19.6. The molecule has 6 heteroatoms. The maximum Gasteiger partial charge on any atom is 0.269 e. The topological polar surface area (TPSA) is 14.7 Å². The summed E-state index contributed by atoms with van der Waals surface area (Å²) in [4.78, 5) is 7.52. The van der Waals surface area contributed by atoms with Gasteiger partial charge in [-0.1, -0.05) is 35.6 Å². The molecule has 0 aliphatic heterocycles. The van der Waals surface area contributed by atoms with Crippen LogP contribution in [-0.4, -0.2) is 34.4 Å². The molecule has 0 bridgehead atoms. The third kappa shape index (κ3) is 6.75. The van der Waals surface area contributed by atoms with Crippen LogP contribution in [0.1, 0.15) is 25.0 Å². The first-order valence-corrected chi connectivity index (χ1v) is 14.5. The summed E-state index contributed by atoms with van der Waals surface area (Å²) >= 11 is 1.85. The number of thiazole rings is 1. The second-order valence-electron chi connectivity index (χ2n) is 10.6. The molecule has 5 rings (SSSR count). The molecule has 1 heterocycles. The van der Waals surface area contributed by atoms with Gasteiger partial charge in [-0.3, -0.25) is 0 Å². The number of benzene rings is 4. The summed E-state index contributed by atoms with van der Waals surface area (Å²) in [5.41, 5.74) is 8.92. The van der Waals surface area contributed by atoms with Gasteiger partial charge in [0.2, 0.25) is 5.52 Å². The van der Waals surface area contributed by atoms with Crippen molar-refractivity contribution in [1.82, 2.24) is 0 Å². The number of halogens is 1. The van der Waals surface area contributed by atoms with Gasteiger partial charge in [0.1, 0.15) is 18.4 Å².